The smallest absolute Gasteiger partial charge is 0.308 e. The maximum atomic E-state index is 11.3. The van der Waals surface area contributed by atoms with Gasteiger partial charge >= 0.3 is 5.97 Å². The summed E-state index contributed by atoms with van der Waals surface area (Å²) in [7, 11) is 0. The minimum Gasteiger partial charge on any atom is -0.427 e. The van der Waals surface area contributed by atoms with Crippen molar-refractivity contribution < 1.29 is 14.3 Å². The minimum absolute atomic E-state index is 0.116. The summed E-state index contributed by atoms with van der Waals surface area (Å²) in [5.74, 6) is 0.298. The van der Waals surface area contributed by atoms with Crippen molar-refractivity contribution in [3.05, 3.63) is 35.4 Å². The Morgan fingerprint density at radius 3 is 2.81 bits per heavy atom. The fourth-order valence-corrected chi connectivity index (χ4v) is 1.86. The summed E-state index contributed by atoms with van der Waals surface area (Å²) in [5.41, 5.74) is 2.89. The molecule has 1 aliphatic rings. The monoisotopic (exact) mass is 216 g/mol. The van der Waals surface area contributed by atoms with Gasteiger partial charge in [-0.05, 0) is 41.8 Å². The Balaban J connectivity index is 2.41. The van der Waals surface area contributed by atoms with E-state index in [9.17, 15) is 9.59 Å². The number of hydrogen-bond donors (Lipinski definition) is 0. The van der Waals surface area contributed by atoms with Crippen molar-refractivity contribution in [2.45, 2.75) is 20.3 Å². The maximum absolute atomic E-state index is 11.3. The molecule has 0 atom stereocenters. The van der Waals surface area contributed by atoms with E-state index in [1.807, 2.05) is 13.0 Å². The van der Waals surface area contributed by atoms with Crippen LogP contribution in [-0.2, 0) is 16.0 Å². The van der Waals surface area contributed by atoms with Gasteiger partial charge < -0.3 is 4.74 Å². The zero-order valence-corrected chi connectivity index (χ0v) is 9.24. The van der Waals surface area contributed by atoms with Crippen molar-refractivity contribution in [2.24, 2.45) is 0 Å². The highest BCUT2D eigenvalue weighted by molar-refractivity contribution is 6.01. The highest BCUT2D eigenvalue weighted by Crippen LogP contribution is 2.28. The first-order valence-electron chi connectivity index (χ1n) is 5.09. The number of fused-ring (bicyclic) bond motifs is 1. The average molecular weight is 216 g/mol. The van der Waals surface area contributed by atoms with E-state index in [0.29, 0.717) is 12.2 Å². The molecule has 0 heterocycles. The van der Waals surface area contributed by atoms with E-state index in [1.165, 1.54) is 6.92 Å². The summed E-state index contributed by atoms with van der Waals surface area (Å²) in [6.45, 7) is 3.25. The zero-order valence-electron chi connectivity index (χ0n) is 9.24. The van der Waals surface area contributed by atoms with Gasteiger partial charge in [-0.3, -0.25) is 9.59 Å². The SMILES string of the molecule is CC(=O)Oc1ccc2c(c1)C(C)=CC(=O)C2. The third-order valence-corrected chi connectivity index (χ3v) is 2.51. The number of benzene rings is 1. The molecular formula is C13H12O3. The Morgan fingerprint density at radius 2 is 2.12 bits per heavy atom. The molecule has 0 unspecified atom stereocenters. The van der Waals surface area contributed by atoms with Crippen LogP contribution < -0.4 is 4.74 Å². The van der Waals surface area contributed by atoms with Crippen molar-refractivity contribution in [3.8, 4) is 5.75 Å². The first kappa shape index (κ1) is 10.6. The van der Waals surface area contributed by atoms with Crippen molar-refractivity contribution in [2.75, 3.05) is 0 Å². The molecule has 82 valence electrons. The lowest BCUT2D eigenvalue weighted by Gasteiger charge is -2.15. The molecule has 3 heteroatoms. The maximum Gasteiger partial charge on any atom is 0.308 e. The molecule has 0 aliphatic heterocycles. The number of esters is 1. The van der Waals surface area contributed by atoms with E-state index >= 15 is 0 Å². The Bertz CT molecular complexity index is 498. The van der Waals surface area contributed by atoms with Gasteiger partial charge in [0.25, 0.3) is 0 Å². The lowest BCUT2D eigenvalue weighted by molar-refractivity contribution is -0.131. The van der Waals surface area contributed by atoms with E-state index < -0.39 is 0 Å². The molecule has 0 aromatic heterocycles. The molecule has 0 radical (unpaired) electrons. The Hall–Kier alpha value is -1.90. The van der Waals surface area contributed by atoms with Gasteiger partial charge in [0, 0.05) is 13.3 Å². The summed E-state index contributed by atoms with van der Waals surface area (Å²) in [4.78, 5) is 22.2. The van der Waals surface area contributed by atoms with Gasteiger partial charge in [0.1, 0.15) is 5.75 Å². The van der Waals surface area contributed by atoms with Gasteiger partial charge in [-0.1, -0.05) is 6.07 Å². The third kappa shape index (κ3) is 2.03. The number of allylic oxidation sites excluding steroid dienone is 2. The molecule has 1 aliphatic carbocycles. The van der Waals surface area contributed by atoms with Crippen LogP contribution in [0.2, 0.25) is 0 Å². The number of carbonyl (C=O) groups excluding carboxylic acids is 2. The molecule has 0 spiro atoms. The third-order valence-electron chi connectivity index (χ3n) is 2.51. The summed E-state index contributed by atoms with van der Waals surface area (Å²) in [5, 5.41) is 0. The second kappa shape index (κ2) is 3.93. The second-order valence-electron chi connectivity index (χ2n) is 3.88. The Kier molecular flexibility index (Phi) is 2.60. The lowest BCUT2D eigenvalue weighted by atomic mass is 9.91. The predicted molar refractivity (Wildman–Crippen MR) is 60.1 cm³/mol. The van der Waals surface area contributed by atoms with Gasteiger partial charge in [0.2, 0.25) is 0 Å². The van der Waals surface area contributed by atoms with E-state index in [0.717, 1.165) is 16.7 Å². The summed E-state index contributed by atoms with van der Waals surface area (Å²) >= 11 is 0. The topological polar surface area (TPSA) is 43.4 Å². The average Bonchev–Trinajstić information content (AvgIpc) is 2.18. The largest absolute Gasteiger partial charge is 0.427 e. The Labute approximate surface area is 93.7 Å². The van der Waals surface area contributed by atoms with Gasteiger partial charge in [-0.15, -0.1) is 0 Å². The predicted octanol–water partition coefficient (Wildman–Crippen LogP) is 2.14. The zero-order chi connectivity index (χ0) is 11.7. The van der Waals surface area contributed by atoms with Crippen LogP contribution in [0.4, 0.5) is 0 Å². The standard InChI is InChI=1S/C13H12O3/c1-8-5-11(15)6-10-3-4-12(7-13(8)10)16-9(2)14/h3-5,7H,6H2,1-2H3. The summed E-state index contributed by atoms with van der Waals surface area (Å²) in [6, 6.07) is 5.35. The number of hydrogen-bond acceptors (Lipinski definition) is 3. The molecule has 0 saturated heterocycles. The van der Waals surface area contributed by atoms with Crippen LogP contribution in [-0.4, -0.2) is 11.8 Å². The van der Waals surface area contributed by atoms with E-state index in [2.05, 4.69) is 0 Å². The van der Waals surface area contributed by atoms with E-state index in [4.69, 9.17) is 4.74 Å². The normalized spacial score (nSPS) is 14.1. The van der Waals surface area contributed by atoms with E-state index in [-0.39, 0.29) is 11.8 Å². The van der Waals surface area contributed by atoms with Crippen LogP contribution in [0.25, 0.3) is 5.57 Å². The minimum atomic E-state index is -0.339. The number of ketones is 1. The molecule has 0 amide bonds. The first-order chi connectivity index (χ1) is 7.56. The molecule has 1 aromatic carbocycles. The fraction of sp³-hybridized carbons (Fsp3) is 0.231. The van der Waals surface area contributed by atoms with Crippen molar-refractivity contribution in [1.29, 1.82) is 0 Å². The second-order valence-corrected chi connectivity index (χ2v) is 3.88. The number of carbonyl (C=O) groups is 2. The van der Waals surface area contributed by atoms with Gasteiger partial charge in [0.15, 0.2) is 5.78 Å². The van der Waals surface area contributed by atoms with Gasteiger partial charge in [-0.2, -0.15) is 0 Å². The van der Waals surface area contributed by atoms with Gasteiger partial charge in [-0.25, -0.2) is 0 Å². The van der Waals surface area contributed by atoms with E-state index in [1.54, 1.807) is 18.2 Å². The van der Waals surface area contributed by atoms with Crippen LogP contribution in [0, 0.1) is 0 Å². The molecule has 1 aromatic rings. The highest BCUT2D eigenvalue weighted by atomic mass is 16.5. The number of ether oxygens (including phenoxy) is 1. The quantitative estimate of drug-likeness (QED) is 0.533. The summed E-state index contributed by atoms with van der Waals surface area (Å²) in [6.07, 6.45) is 2.05. The molecule has 0 fully saturated rings. The molecular weight excluding hydrogens is 204 g/mol. The van der Waals surface area contributed by atoms with Crippen LogP contribution in [0.1, 0.15) is 25.0 Å². The molecule has 0 bridgehead atoms. The highest BCUT2D eigenvalue weighted by Gasteiger charge is 2.15. The first-order valence-corrected chi connectivity index (χ1v) is 5.09. The fourth-order valence-electron chi connectivity index (χ4n) is 1.86. The molecule has 3 nitrogen and oxygen atoms in total. The number of rotatable bonds is 1. The molecule has 2 rings (SSSR count). The van der Waals surface area contributed by atoms with Crippen LogP contribution >= 0.6 is 0 Å². The van der Waals surface area contributed by atoms with Crippen molar-refractivity contribution in [1.82, 2.24) is 0 Å². The van der Waals surface area contributed by atoms with Crippen LogP contribution in [0.3, 0.4) is 0 Å². The van der Waals surface area contributed by atoms with Crippen molar-refractivity contribution in [3.63, 3.8) is 0 Å². The van der Waals surface area contributed by atoms with Crippen molar-refractivity contribution >= 4 is 17.3 Å². The Morgan fingerprint density at radius 1 is 1.38 bits per heavy atom. The molecule has 0 N–H and O–H groups in total. The molecule has 0 saturated carbocycles. The summed E-state index contributed by atoms with van der Waals surface area (Å²) < 4.78 is 5.00. The van der Waals surface area contributed by atoms with Crippen LogP contribution in [0.15, 0.2) is 24.3 Å². The lowest BCUT2D eigenvalue weighted by Crippen LogP contribution is -2.09. The van der Waals surface area contributed by atoms with Crippen LogP contribution in [0.5, 0.6) is 5.75 Å². The molecule has 16 heavy (non-hydrogen) atoms. The van der Waals surface area contributed by atoms with Gasteiger partial charge in [0.05, 0.1) is 0 Å².